The third kappa shape index (κ3) is 19.4. The lowest BCUT2D eigenvalue weighted by molar-refractivity contribution is 0.561. The van der Waals surface area contributed by atoms with E-state index in [2.05, 4.69) is 18.7 Å². The maximum absolute atomic E-state index is 5.49. The Morgan fingerprint density at radius 1 is 0.500 bits per heavy atom. The van der Waals surface area contributed by atoms with Gasteiger partial charge in [-0.25, -0.2) is 0 Å². The van der Waals surface area contributed by atoms with Crippen LogP contribution in [0.2, 0.25) is 0 Å². The zero-order valence-electron chi connectivity index (χ0n) is 15.0. The van der Waals surface area contributed by atoms with Crippen molar-refractivity contribution >= 4 is 0 Å². The minimum absolute atomic E-state index is 0.864. The van der Waals surface area contributed by atoms with Crippen LogP contribution in [0.15, 0.2) is 24.8 Å². The second-order valence-electron chi connectivity index (χ2n) is 6.51. The lowest BCUT2D eigenvalue weighted by Gasteiger charge is -2.01. The van der Waals surface area contributed by atoms with Gasteiger partial charge in [-0.15, -0.1) is 6.58 Å². The Balaban J connectivity index is 3.03. The van der Waals surface area contributed by atoms with E-state index in [4.69, 9.17) is 5.73 Å². The highest BCUT2D eigenvalue weighted by atomic mass is 14.5. The molecule has 1 heteroatoms. The summed E-state index contributed by atoms with van der Waals surface area (Å²) >= 11 is 0. The largest absolute Gasteiger partial charge is 0.330 e. The molecular weight excluding hydrogens is 266 g/mol. The zero-order chi connectivity index (χ0) is 16.1. The number of allylic oxidation sites excluding steroid dienone is 3. The molecule has 0 bridgehead atoms. The molecule has 1 nitrogen and oxygen atoms in total. The molecule has 0 aliphatic carbocycles. The van der Waals surface area contributed by atoms with Crippen molar-refractivity contribution in [1.82, 2.24) is 0 Å². The molecule has 0 heterocycles. The van der Waals surface area contributed by atoms with Gasteiger partial charge in [-0.3, -0.25) is 0 Å². The van der Waals surface area contributed by atoms with E-state index >= 15 is 0 Å². The standard InChI is InChI=1S/C21H41N/c1-2-3-4-5-6-7-8-9-10-11-12-13-14-15-16-17-18-19-20-21-22/h2,9-10H,1,3-8,11-22H2/b10-9+. The van der Waals surface area contributed by atoms with E-state index in [0.29, 0.717) is 0 Å². The predicted molar refractivity (Wildman–Crippen MR) is 102 cm³/mol. The van der Waals surface area contributed by atoms with Gasteiger partial charge >= 0.3 is 0 Å². The first-order valence-electron chi connectivity index (χ1n) is 9.87. The van der Waals surface area contributed by atoms with Gasteiger partial charge in [0.05, 0.1) is 0 Å². The fraction of sp³-hybridized carbons (Fsp3) is 0.810. The Labute approximate surface area is 140 Å². The van der Waals surface area contributed by atoms with E-state index in [0.717, 1.165) is 6.54 Å². The molecule has 0 saturated heterocycles. The maximum Gasteiger partial charge on any atom is -0.00773 e. The van der Waals surface area contributed by atoms with Gasteiger partial charge in [-0.1, -0.05) is 76.0 Å². The van der Waals surface area contributed by atoms with Crippen LogP contribution in [0.3, 0.4) is 0 Å². The third-order valence-corrected chi connectivity index (χ3v) is 4.27. The van der Waals surface area contributed by atoms with Crippen molar-refractivity contribution in [1.29, 1.82) is 0 Å². The van der Waals surface area contributed by atoms with E-state index < -0.39 is 0 Å². The SMILES string of the molecule is C=CCCCCCC/C=C/CCCCCCCCCCCN. The van der Waals surface area contributed by atoms with Gasteiger partial charge in [-0.2, -0.15) is 0 Å². The van der Waals surface area contributed by atoms with E-state index in [9.17, 15) is 0 Å². The van der Waals surface area contributed by atoms with Gasteiger partial charge in [-0.05, 0) is 51.5 Å². The summed E-state index contributed by atoms with van der Waals surface area (Å²) in [6.07, 6.45) is 28.4. The van der Waals surface area contributed by atoms with Crippen LogP contribution in [0, 0.1) is 0 Å². The summed E-state index contributed by atoms with van der Waals surface area (Å²) in [5, 5.41) is 0. The Morgan fingerprint density at radius 2 is 0.864 bits per heavy atom. The van der Waals surface area contributed by atoms with Crippen molar-refractivity contribution in [3.05, 3.63) is 24.8 Å². The van der Waals surface area contributed by atoms with Gasteiger partial charge < -0.3 is 5.73 Å². The maximum atomic E-state index is 5.49. The van der Waals surface area contributed by atoms with Crippen LogP contribution in [-0.2, 0) is 0 Å². The predicted octanol–water partition coefficient (Wildman–Crippen LogP) is 6.93. The van der Waals surface area contributed by atoms with Crippen molar-refractivity contribution in [3.63, 3.8) is 0 Å². The van der Waals surface area contributed by atoms with Gasteiger partial charge in [0, 0.05) is 0 Å². The monoisotopic (exact) mass is 307 g/mol. The molecule has 0 aromatic rings. The second-order valence-corrected chi connectivity index (χ2v) is 6.51. The molecule has 0 unspecified atom stereocenters. The molecule has 0 spiro atoms. The molecule has 2 N–H and O–H groups in total. The minimum atomic E-state index is 0.864. The van der Waals surface area contributed by atoms with Crippen LogP contribution in [0.4, 0.5) is 0 Å². The number of hydrogen-bond acceptors (Lipinski definition) is 1. The zero-order valence-corrected chi connectivity index (χ0v) is 15.0. The van der Waals surface area contributed by atoms with Gasteiger partial charge in [0.1, 0.15) is 0 Å². The average Bonchev–Trinajstić information content (AvgIpc) is 2.54. The first kappa shape index (κ1) is 21.4. The number of unbranched alkanes of at least 4 members (excludes halogenated alkanes) is 14. The van der Waals surface area contributed by atoms with Crippen molar-refractivity contribution < 1.29 is 0 Å². The van der Waals surface area contributed by atoms with Gasteiger partial charge in [0.25, 0.3) is 0 Å². The molecule has 0 aliphatic rings. The molecule has 0 rings (SSSR count). The highest BCUT2D eigenvalue weighted by Gasteiger charge is 1.92. The van der Waals surface area contributed by atoms with Gasteiger partial charge in [0.15, 0.2) is 0 Å². The molecule has 0 aromatic heterocycles. The van der Waals surface area contributed by atoms with Crippen LogP contribution in [0.5, 0.6) is 0 Å². The third-order valence-electron chi connectivity index (χ3n) is 4.27. The van der Waals surface area contributed by atoms with Crippen LogP contribution >= 0.6 is 0 Å². The summed E-state index contributed by atoms with van der Waals surface area (Å²) in [6, 6.07) is 0. The molecule has 0 amide bonds. The number of rotatable bonds is 18. The molecule has 0 aliphatic heterocycles. The first-order chi connectivity index (χ1) is 10.9. The van der Waals surface area contributed by atoms with E-state index in [1.807, 2.05) is 6.08 Å². The van der Waals surface area contributed by atoms with Crippen LogP contribution in [0.25, 0.3) is 0 Å². The Hall–Kier alpha value is -0.560. The fourth-order valence-electron chi connectivity index (χ4n) is 2.78. The van der Waals surface area contributed by atoms with Crippen LogP contribution in [0.1, 0.15) is 103 Å². The number of hydrogen-bond donors (Lipinski definition) is 1. The Morgan fingerprint density at radius 3 is 1.27 bits per heavy atom. The smallest absolute Gasteiger partial charge is 0.00773 e. The lowest BCUT2D eigenvalue weighted by Crippen LogP contribution is -1.97. The molecule has 0 atom stereocenters. The molecule has 22 heavy (non-hydrogen) atoms. The topological polar surface area (TPSA) is 26.0 Å². The molecule has 0 aromatic carbocycles. The van der Waals surface area contributed by atoms with Crippen LogP contribution < -0.4 is 5.73 Å². The fourth-order valence-corrected chi connectivity index (χ4v) is 2.78. The Bertz CT molecular complexity index is 232. The van der Waals surface area contributed by atoms with Crippen molar-refractivity contribution in [3.8, 4) is 0 Å². The molecule has 0 fully saturated rings. The summed E-state index contributed by atoms with van der Waals surface area (Å²) in [4.78, 5) is 0. The van der Waals surface area contributed by atoms with Crippen LogP contribution in [-0.4, -0.2) is 6.54 Å². The summed E-state index contributed by atoms with van der Waals surface area (Å²) in [5.41, 5.74) is 5.49. The van der Waals surface area contributed by atoms with Crippen molar-refractivity contribution in [2.24, 2.45) is 5.73 Å². The van der Waals surface area contributed by atoms with E-state index in [1.54, 1.807) is 0 Å². The van der Waals surface area contributed by atoms with E-state index in [-0.39, 0.29) is 0 Å². The quantitative estimate of drug-likeness (QED) is 0.216. The summed E-state index contributed by atoms with van der Waals surface area (Å²) in [6.45, 7) is 4.62. The summed E-state index contributed by atoms with van der Waals surface area (Å²) in [5.74, 6) is 0. The van der Waals surface area contributed by atoms with Crippen molar-refractivity contribution in [2.75, 3.05) is 6.54 Å². The Kier molecular flexibility index (Phi) is 19.9. The molecular formula is C21H41N. The van der Waals surface area contributed by atoms with Gasteiger partial charge in [0.2, 0.25) is 0 Å². The molecule has 130 valence electrons. The first-order valence-corrected chi connectivity index (χ1v) is 9.87. The number of nitrogens with two attached hydrogens (primary N) is 1. The molecule has 0 radical (unpaired) electrons. The minimum Gasteiger partial charge on any atom is -0.330 e. The lowest BCUT2D eigenvalue weighted by atomic mass is 10.1. The average molecular weight is 308 g/mol. The summed E-state index contributed by atoms with van der Waals surface area (Å²) < 4.78 is 0. The normalized spacial score (nSPS) is 11.3. The highest BCUT2D eigenvalue weighted by Crippen LogP contribution is 2.11. The summed E-state index contributed by atoms with van der Waals surface area (Å²) in [7, 11) is 0. The highest BCUT2D eigenvalue weighted by molar-refractivity contribution is 4.81. The second kappa shape index (κ2) is 20.4. The van der Waals surface area contributed by atoms with E-state index in [1.165, 1.54) is 103 Å². The molecule has 0 saturated carbocycles. The van der Waals surface area contributed by atoms with Crippen molar-refractivity contribution in [2.45, 2.75) is 103 Å².